The minimum atomic E-state index is -0.771. The molecule has 0 aliphatic heterocycles. The third-order valence-electron chi connectivity index (χ3n) is 3.89. The number of halogens is 1. The SMILES string of the molecule is CCNC(=NCC(O)c1ccc(F)cc1)NCCc1ccc(OC)cc1. The molecule has 2 aromatic rings. The summed E-state index contributed by atoms with van der Waals surface area (Å²) in [5, 5.41) is 16.6. The lowest BCUT2D eigenvalue weighted by molar-refractivity contribution is 0.187. The van der Waals surface area contributed by atoms with Gasteiger partial charge in [-0.2, -0.15) is 0 Å². The zero-order valence-corrected chi connectivity index (χ0v) is 15.2. The Kier molecular flexibility index (Phi) is 7.89. The summed E-state index contributed by atoms with van der Waals surface area (Å²) in [4.78, 5) is 4.40. The van der Waals surface area contributed by atoms with Gasteiger partial charge in [-0.05, 0) is 48.7 Å². The van der Waals surface area contributed by atoms with Crippen LogP contribution in [0, 0.1) is 5.82 Å². The molecule has 0 spiro atoms. The molecule has 0 aliphatic rings. The largest absolute Gasteiger partial charge is 0.497 e. The molecule has 0 aromatic heterocycles. The molecule has 5 nitrogen and oxygen atoms in total. The molecular formula is C20H26FN3O2. The van der Waals surface area contributed by atoms with Crippen molar-refractivity contribution in [2.24, 2.45) is 4.99 Å². The summed E-state index contributed by atoms with van der Waals surface area (Å²) in [6.45, 7) is 3.62. The number of nitrogens with one attached hydrogen (secondary N) is 2. The van der Waals surface area contributed by atoms with Crippen molar-refractivity contribution in [2.45, 2.75) is 19.4 Å². The highest BCUT2D eigenvalue weighted by molar-refractivity contribution is 5.79. The van der Waals surface area contributed by atoms with Crippen LogP contribution in [0.2, 0.25) is 0 Å². The zero-order valence-electron chi connectivity index (χ0n) is 15.2. The number of hydrogen-bond donors (Lipinski definition) is 3. The van der Waals surface area contributed by atoms with E-state index >= 15 is 0 Å². The lowest BCUT2D eigenvalue weighted by atomic mass is 10.1. The Morgan fingerprint density at radius 2 is 1.81 bits per heavy atom. The fraction of sp³-hybridized carbons (Fsp3) is 0.350. The van der Waals surface area contributed by atoms with E-state index in [-0.39, 0.29) is 12.4 Å². The second kappa shape index (κ2) is 10.4. The van der Waals surface area contributed by atoms with E-state index < -0.39 is 6.10 Å². The van der Waals surface area contributed by atoms with Crippen LogP contribution < -0.4 is 15.4 Å². The number of benzene rings is 2. The first-order chi connectivity index (χ1) is 12.6. The van der Waals surface area contributed by atoms with E-state index in [1.807, 2.05) is 31.2 Å². The smallest absolute Gasteiger partial charge is 0.191 e. The highest BCUT2D eigenvalue weighted by Gasteiger charge is 2.07. The average Bonchev–Trinajstić information content (AvgIpc) is 2.67. The van der Waals surface area contributed by atoms with Crippen LogP contribution in [0.4, 0.5) is 4.39 Å². The van der Waals surface area contributed by atoms with Crippen molar-refractivity contribution in [2.75, 3.05) is 26.7 Å². The van der Waals surface area contributed by atoms with E-state index in [0.717, 1.165) is 18.7 Å². The van der Waals surface area contributed by atoms with Gasteiger partial charge in [0.2, 0.25) is 0 Å². The van der Waals surface area contributed by atoms with Gasteiger partial charge in [-0.3, -0.25) is 4.99 Å². The Hall–Kier alpha value is -2.60. The Morgan fingerprint density at radius 3 is 2.42 bits per heavy atom. The predicted octanol–water partition coefficient (Wildman–Crippen LogP) is 2.67. The lowest BCUT2D eigenvalue weighted by Crippen LogP contribution is -2.38. The van der Waals surface area contributed by atoms with Crippen molar-refractivity contribution in [1.29, 1.82) is 0 Å². The Labute approximate surface area is 153 Å². The quantitative estimate of drug-likeness (QED) is 0.501. The molecule has 140 valence electrons. The normalized spacial score (nSPS) is 12.5. The maximum atomic E-state index is 13.0. The fourth-order valence-electron chi connectivity index (χ4n) is 2.43. The highest BCUT2D eigenvalue weighted by Crippen LogP contribution is 2.13. The van der Waals surface area contributed by atoms with Gasteiger partial charge in [-0.15, -0.1) is 0 Å². The standard InChI is InChI=1S/C20H26FN3O2/c1-3-22-20(23-13-12-15-4-10-18(26-2)11-5-15)24-14-19(25)16-6-8-17(21)9-7-16/h4-11,19,25H,3,12-14H2,1-2H3,(H2,22,23,24). The average molecular weight is 359 g/mol. The number of aliphatic hydroxyl groups excluding tert-OH is 1. The molecular weight excluding hydrogens is 333 g/mol. The molecule has 6 heteroatoms. The first kappa shape index (κ1) is 19.7. The summed E-state index contributed by atoms with van der Waals surface area (Å²) in [6, 6.07) is 13.7. The molecule has 0 heterocycles. The number of guanidine groups is 1. The minimum Gasteiger partial charge on any atom is -0.497 e. The molecule has 1 unspecified atom stereocenters. The summed E-state index contributed by atoms with van der Waals surface area (Å²) >= 11 is 0. The first-order valence-electron chi connectivity index (χ1n) is 8.71. The fourth-order valence-corrected chi connectivity index (χ4v) is 2.43. The number of rotatable bonds is 8. The molecule has 26 heavy (non-hydrogen) atoms. The van der Waals surface area contributed by atoms with Crippen LogP contribution in [-0.4, -0.2) is 37.8 Å². The summed E-state index contributed by atoms with van der Waals surface area (Å²) in [7, 11) is 1.65. The van der Waals surface area contributed by atoms with Crippen molar-refractivity contribution in [1.82, 2.24) is 10.6 Å². The number of hydrogen-bond acceptors (Lipinski definition) is 3. The van der Waals surface area contributed by atoms with Crippen molar-refractivity contribution in [3.63, 3.8) is 0 Å². The monoisotopic (exact) mass is 359 g/mol. The minimum absolute atomic E-state index is 0.198. The Morgan fingerprint density at radius 1 is 1.12 bits per heavy atom. The van der Waals surface area contributed by atoms with E-state index in [0.29, 0.717) is 18.1 Å². The molecule has 0 saturated heterocycles. The van der Waals surface area contributed by atoms with Gasteiger partial charge in [0.25, 0.3) is 0 Å². The van der Waals surface area contributed by atoms with Crippen molar-refractivity contribution < 1.29 is 14.2 Å². The van der Waals surface area contributed by atoms with E-state index in [9.17, 15) is 9.50 Å². The van der Waals surface area contributed by atoms with Gasteiger partial charge in [0.05, 0.1) is 19.8 Å². The van der Waals surface area contributed by atoms with Gasteiger partial charge < -0.3 is 20.5 Å². The molecule has 2 aromatic carbocycles. The molecule has 0 fully saturated rings. The van der Waals surface area contributed by atoms with Crippen LogP contribution in [-0.2, 0) is 6.42 Å². The molecule has 0 saturated carbocycles. The Balaban J connectivity index is 1.85. The van der Waals surface area contributed by atoms with E-state index in [2.05, 4.69) is 15.6 Å². The molecule has 3 N–H and O–H groups in total. The van der Waals surface area contributed by atoms with Crippen LogP contribution in [0.25, 0.3) is 0 Å². The number of nitrogens with zero attached hydrogens (tertiary/aromatic N) is 1. The van der Waals surface area contributed by atoms with Crippen LogP contribution >= 0.6 is 0 Å². The van der Waals surface area contributed by atoms with Gasteiger partial charge >= 0.3 is 0 Å². The zero-order chi connectivity index (χ0) is 18.8. The third kappa shape index (κ3) is 6.37. The highest BCUT2D eigenvalue weighted by atomic mass is 19.1. The van der Waals surface area contributed by atoms with Crippen molar-refractivity contribution in [3.8, 4) is 5.75 Å². The summed E-state index contributed by atoms with van der Waals surface area (Å²) in [5.41, 5.74) is 1.84. The molecule has 2 rings (SSSR count). The number of aliphatic hydroxyl groups is 1. The second-order valence-corrected chi connectivity index (χ2v) is 5.81. The van der Waals surface area contributed by atoms with E-state index in [1.54, 1.807) is 19.2 Å². The number of aliphatic imine (C=N–C) groups is 1. The topological polar surface area (TPSA) is 65.9 Å². The van der Waals surface area contributed by atoms with Crippen molar-refractivity contribution >= 4 is 5.96 Å². The first-order valence-corrected chi connectivity index (χ1v) is 8.71. The maximum absolute atomic E-state index is 13.0. The molecule has 0 amide bonds. The Bertz CT molecular complexity index is 687. The van der Waals surface area contributed by atoms with Crippen LogP contribution in [0.1, 0.15) is 24.2 Å². The summed E-state index contributed by atoms with van der Waals surface area (Å²) in [5.74, 6) is 1.16. The predicted molar refractivity (Wildman–Crippen MR) is 102 cm³/mol. The number of methoxy groups -OCH3 is 1. The van der Waals surface area contributed by atoms with Gasteiger partial charge in [0, 0.05) is 13.1 Å². The van der Waals surface area contributed by atoms with Crippen LogP contribution in [0.5, 0.6) is 5.75 Å². The summed E-state index contributed by atoms with van der Waals surface area (Å²) < 4.78 is 18.1. The molecule has 0 radical (unpaired) electrons. The van der Waals surface area contributed by atoms with Crippen LogP contribution in [0.15, 0.2) is 53.5 Å². The van der Waals surface area contributed by atoms with E-state index in [4.69, 9.17) is 4.74 Å². The van der Waals surface area contributed by atoms with Crippen molar-refractivity contribution in [3.05, 3.63) is 65.5 Å². The maximum Gasteiger partial charge on any atom is 0.191 e. The lowest BCUT2D eigenvalue weighted by Gasteiger charge is -2.13. The molecule has 0 bridgehead atoms. The van der Waals surface area contributed by atoms with Gasteiger partial charge in [0.15, 0.2) is 5.96 Å². The third-order valence-corrected chi connectivity index (χ3v) is 3.89. The van der Waals surface area contributed by atoms with Gasteiger partial charge in [0.1, 0.15) is 11.6 Å². The summed E-state index contributed by atoms with van der Waals surface area (Å²) in [6.07, 6.45) is 0.0715. The van der Waals surface area contributed by atoms with Crippen LogP contribution in [0.3, 0.4) is 0 Å². The van der Waals surface area contributed by atoms with Gasteiger partial charge in [-0.25, -0.2) is 4.39 Å². The second-order valence-electron chi connectivity index (χ2n) is 5.81. The van der Waals surface area contributed by atoms with Gasteiger partial charge in [-0.1, -0.05) is 24.3 Å². The van der Waals surface area contributed by atoms with E-state index in [1.165, 1.54) is 17.7 Å². The molecule has 0 aliphatic carbocycles. The number of ether oxygens (including phenoxy) is 1. The molecule has 1 atom stereocenters.